The highest BCUT2D eigenvalue weighted by Crippen LogP contribution is 2.40. The van der Waals surface area contributed by atoms with Gasteiger partial charge in [-0.05, 0) is 43.9 Å². The summed E-state index contributed by atoms with van der Waals surface area (Å²) in [6, 6.07) is 5.59. The summed E-state index contributed by atoms with van der Waals surface area (Å²) in [5.41, 5.74) is 0.739. The van der Waals surface area contributed by atoms with Gasteiger partial charge in [0.25, 0.3) is 23.6 Å². The number of likely N-dealkylation sites (tertiary alicyclic amines) is 1. The van der Waals surface area contributed by atoms with Crippen molar-refractivity contribution in [1.29, 1.82) is 0 Å². The van der Waals surface area contributed by atoms with E-state index in [1.807, 2.05) is 0 Å². The fraction of sp³-hybridized carbons (Fsp3) is 0.476. The predicted molar refractivity (Wildman–Crippen MR) is 221 cm³/mol. The Kier molecular flexibility index (Phi) is 12.2. The number of imide groups is 2. The van der Waals surface area contributed by atoms with Crippen LogP contribution in [-0.2, 0) is 19.1 Å². The quantitative estimate of drug-likeness (QED) is 0.136. The number of ether oxygens (including phenoxy) is 2. The van der Waals surface area contributed by atoms with Gasteiger partial charge in [-0.1, -0.05) is 18.9 Å². The number of nitrogens with zero attached hydrogens (tertiary/aromatic N) is 6. The number of anilines is 5. The molecule has 334 valence electrons. The van der Waals surface area contributed by atoms with Crippen molar-refractivity contribution in [3.05, 3.63) is 59.0 Å². The predicted octanol–water partition coefficient (Wildman–Crippen LogP) is 3.06. The minimum absolute atomic E-state index is 0.0282. The Morgan fingerprint density at radius 2 is 1.81 bits per heavy atom. The summed E-state index contributed by atoms with van der Waals surface area (Å²) >= 11 is 0. The standard InChI is InChI=1S/C42H47F3N10O8/c1-52-31-20-47-41(51-35(31)54(24-6-3-4-7-24)22-42(44,45)40(52)61)49-29-19-27(43)26(18-32(29)62-2)36(57)48-23-12-14-53(21-23)15-17-63-16-13-46-28-9-5-8-25-34(28)39(60)55(38(25)59)30-10-11-33(56)50-37(30)58/h5,8-9,18-20,23-24,30,46H,3-4,6-7,10-17,21-22H2,1-2H3,(H,48,57)(H,47,49,51)(H,50,56,58). The summed E-state index contributed by atoms with van der Waals surface area (Å²) in [6.07, 6.45) is 5.05. The van der Waals surface area contributed by atoms with Gasteiger partial charge in [-0.25, -0.2) is 9.37 Å². The molecule has 6 amide bonds. The van der Waals surface area contributed by atoms with Crippen molar-refractivity contribution in [2.75, 3.05) is 80.5 Å². The molecule has 2 saturated heterocycles. The Morgan fingerprint density at radius 3 is 2.57 bits per heavy atom. The average Bonchev–Trinajstić information content (AvgIpc) is 4.01. The molecular formula is C42H47F3N10O8. The number of carbonyl (C=O) groups is 6. The molecule has 0 spiro atoms. The lowest BCUT2D eigenvalue weighted by Gasteiger charge is -2.31. The third-order valence-corrected chi connectivity index (χ3v) is 12.1. The van der Waals surface area contributed by atoms with Gasteiger partial charge in [-0.3, -0.25) is 43.9 Å². The van der Waals surface area contributed by atoms with Crippen LogP contribution in [0.5, 0.6) is 5.75 Å². The first-order valence-electron chi connectivity index (χ1n) is 20.9. The van der Waals surface area contributed by atoms with Gasteiger partial charge in [0, 0.05) is 63.5 Å². The maximum absolute atomic E-state index is 15.6. The molecule has 4 N–H and O–H groups in total. The number of hydrogen-bond acceptors (Lipinski definition) is 14. The van der Waals surface area contributed by atoms with Crippen molar-refractivity contribution in [3.63, 3.8) is 0 Å². The lowest BCUT2D eigenvalue weighted by atomic mass is 10.0. The van der Waals surface area contributed by atoms with Gasteiger partial charge in [0.15, 0.2) is 5.82 Å². The summed E-state index contributed by atoms with van der Waals surface area (Å²) in [5, 5.41) is 11.1. The lowest BCUT2D eigenvalue weighted by molar-refractivity contribution is -0.140. The molecule has 18 nitrogen and oxygen atoms in total. The van der Waals surface area contributed by atoms with Crippen LogP contribution in [0.4, 0.5) is 42.0 Å². The van der Waals surface area contributed by atoms with Crippen LogP contribution in [-0.4, -0.2) is 139 Å². The number of halogens is 3. The van der Waals surface area contributed by atoms with E-state index in [0.717, 1.165) is 28.7 Å². The summed E-state index contributed by atoms with van der Waals surface area (Å²) in [6.45, 7) is 1.85. The molecule has 2 unspecified atom stereocenters. The summed E-state index contributed by atoms with van der Waals surface area (Å²) in [7, 11) is 2.61. The van der Waals surface area contributed by atoms with Crippen molar-refractivity contribution < 1.29 is 51.4 Å². The van der Waals surface area contributed by atoms with Crippen molar-refractivity contribution in [2.45, 2.75) is 69.0 Å². The highest BCUT2D eigenvalue weighted by atomic mass is 19.3. The van der Waals surface area contributed by atoms with E-state index in [1.165, 1.54) is 37.4 Å². The number of hydrogen-bond donors (Lipinski definition) is 4. The van der Waals surface area contributed by atoms with Crippen molar-refractivity contribution >= 4 is 64.3 Å². The number of carbonyl (C=O) groups excluding carboxylic acids is 6. The van der Waals surface area contributed by atoms with E-state index >= 15 is 13.2 Å². The molecule has 8 rings (SSSR count). The fourth-order valence-corrected chi connectivity index (χ4v) is 8.85. The van der Waals surface area contributed by atoms with Gasteiger partial charge in [0.1, 0.15) is 23.3 Å². The monoisotopic (exact) mass is 876 g/mol. The van der Waals surface area contributed by atoms with Crippen molar-refractivity contribution in [3.8, 4) is 5.75 Å². The second kappa shape index (κ2) is 17.8. The Hall–Kier alpha value is -6.35. The first-order chi connectivity index (χ1) is 30.2. The topological polar surface area (TPSA) is 208 Å². The van der Waals surface area contributed by atoms with Crippen LogP contribution in [0.15, 0.2) is 36.5 Å². The number of rotatable bonds is 14. The van der Waals surface area contributed by atoms with Crippen LogP contribution in [0.3, 0.4) is 0 Å². The largest absolute Gasteiger partial charge is 0.495 e. The Morgan fingerprint density at radius 1 is 1.02 bits per heavy atom. The molecule has 1 saturated carbocycles. The molecule has 63 heavy (non-hydrogen) atoms. The molecule has 21 heteroatoms. The van der Waals surface area contributed by atoms with Gasteiger partial charge in [-0.2, -0.15) is 13.8 Å². The smallest absolute Gasteiger partial charge is 0.342 e. The summed E-state index contributed by atoms with van der Waals surface area (Å²) in [5.74, 6) is -8.58. The number of piperidine rings is 1. The van der Waals surface area contributed by atoms with Crippen LogP contribution in [0.1, 0.15) is 76.0 Å². The number of amides is 6. The average molecular weight is 877 g/mol. The summed E-state index contributed by atoms with van der Waals surface area (Å²) in [4.78, 5) is 90.5. The maximum atomic E-state index is 15.6. The van der Waals surface area contributed by atoms with Crippen LogP contribution >= 0.6 is 0 Å². The Bertz CT molecular complexity index is 2350. The molecule has 3 aromatic rings. The first kappa shape index (κ1) is 43.3. The van der Waals surface area contributed by atoms with Crippen LogP contribution in [0.2, 0.25) is 0 Å². The Balaban J connectivity index is 0.819. The molecule has 4 aliphatic heterocycles. The number of nitrogens with one attached hydrogen (secondary N) is 4. The molecule has 1 aliphatic carbocycles. The third-order valence-electron chi connectivity index (χ3n) is 12.1. The zero-order valence-corrected chi connectivity index (χ0v) is 34.7. The highest BCUT2D eigenvalue weighted by Gasteiger charge is 2.49. The van der Waals surface area contributed by atoms with E-state index in [-0.39, 0.29) is 77.1 Å². The number of fused-ring (bicyclic) bond motifs is 2. The van der Waals surface area contributed by atoms with Crippen molar-refractivity contribution in [2.24, 2.45) is 0 Å². The van der Waals surface area contributed by atoms with E-state index in [0.29, 0.717) is 57.7 Å². The van der Waals surface area contributed by atoms with Crippen LogP contribution in [0, 0.1) is 5.82 Å². The minimum Gasteiger partial charge on any atom is -0.495 e. The SMILES string of the molecule is COc1cc(C(=O)NC2CCN(CCOCCNc3cccc4c3C(=O)N(C3CCC(=O)NC3=O)C4=O)C2)c(F)cc1Nc1ncc2c(n1)N(C1CCCC1)CC(F)(F)C(=O)N2C. The minimum atomic E-state index is -3.64. The summed E-state index contributed by atoms with van der Waals surface area (Å²) < 4.78 is 57.0. The molecular weight excluding hydrogens is 830 g/mol. The second-order valence-corrected chi connectivity index (χ2v) is 16.2. The van der Waals surface area contributed by atoms with Gasteiger partial charge >= 0.3 is 5.92 Å². The van der Waals surface area contributed by atoms with Gasteiger partial charge in [0.2, 0.25) is 17.8 Å². The molecule has 5 heterocycles. The highest BCUT2D eigenvalue weighted by molar-refractivity contribution is 6.25. The molecule has 5 aliphatic rings. The van der Waals surface area contributed by atoms with Gasteiger partial charge < -0.3 is 35.2 Å². The third kappa shape index (κ3) is 8.70. The first-order valence-corrected chi connectivity index (χ1v) is 20.9. The molecule has 2 atom stereocenters. The van der Waals surface area contributed by atoms with E-state index in [9.17, 15) is 28.8 Å². The van der Waals surface area contributed by atoms with E-state index in [2.05, 4.69) is 36.1 Å². The number of benzene rings is 2. The molecule has 2 aromatic carbocycles. The van der Waals surface area contributed by atoms with Crippen LogP contribution < -0.4 is 35.8 Å². The normalized spacial score (nSPS) is 21.3. The van der Waals surface area contributed by atoms with E-state index in [4.69, 9.17) is 9.47 Å². The zero-order chi connectivity index (χ0) is 44.6. The van der Waals surface area contributed by atoms with E-state index in [1.54, 1.807) is 12.1 Å². The second-order valence-electron chi connectivity index (χ2n) is 16.2. The van der Waals surface area contributed by atoms with Gasteiger partial charge in [-0.15, -0.1) is 0 Å². The van der Waals surface area contributed by atoms with Crippen molar-refractivity contribution in [1.82, 2.24) is 30.4 Å². The molecule has 0 radical (unpaired) electrons. The van der Waals surface area contributed by atoms with Gasteiger partial charge in [0.05, 0.1) is 55.4 Å². The number of methoxy groups -OCH3 is 1. The Labute approximate surface area is 359 Å². The lowest BCUT2D eigenvalue weighted by Crippen LogP contribution is -2.54. The fourth-order valence-electron chi connectivity index (χ4n) is 8.85. The van der Waals surface area contributed by atoms with E-state index < -0.39 is 59.8 Å². The maximum Gasteiger partial charge on any atom is 0.342 e. The molecule has 1 aromatic heterocycles. The molecule has 0 bridgehead atoms. The van der Waals surface area contributed by atoms with Crippen LogP contribution in [0.25, 0.3) is 0 Å². The zero-order valence-electron chi connectivity index (χ0n) is 34.7. The number of alkyl halides is 2. The molecule has 3 fully saturated rings. The number of aromatic nitrogens is 2.